The van der Waals surface area contributed by atoms with Crippen LogP contribution in [0.1, 0.15) is 96.8 Å². The predicted octanol–water partition coefficient (Wildman–Crippen LogP) is 4.06. The number of carbonyl (C=O) groups excluding carboxylic acids is 1. The highest BCUT2D eigenvalue weighted by atomic mass is 16.5. The van der Waals surface area contributed by atoms with Gasteiger partial charge >= 0.3 is 11.9 Å². The number of ether oxygens (including phenoxy) is 1. The molecule has 0 heterocycles. The van der Waals surface area contributed by atoms with E-state index in [-0.39, 0.29) is 24.9 Å². The maximum atomic E-state index is 12.3. The van der Waals surface area contributed by atoms with Crippen molar-refractivity contribution in [1.82, 2.24) is 0 Å². The van der Waals surface area contributed by atoms with Crippen LogP contribution in [-0.4, -0.2) is 46.6 Å². The minimum absolute atomic E-state index is 0.152. The third kappa shape index (κ3) is 16.7. The van der Waals surface area contributed by atoms with Crippen LogP contribution < -0.4 is 0 Å². The van der Waals surface area contributed by atoms with Gasteiger partial charge in [0.25, 0.3) is 0 Å². The molecule has 0 aliphatic rings. The quantitative estimate of drug-likeness (QED) is 0.228. The van der Waals surface area contributed by atoms with Crippen LogP contribution in [0, 0.1) is 5.92 Å². The van der Waals surface area contributed by atoms with Crippen LogP contribution in [0.4, 0.5) is 0 Å². The molecule has 2 atom stereocenters. The van der Waals surface area contributed by atoms with Crippen LogP contribution in [0.3, 0.4) is 0 Å². The number of aliphatic carboxylic acids is 1. The highest BCUT2D eigenvalue weighted by Gasteiger charge is 2.20. The van der Waals surface area contributed by atoms with Gasteiger partial charge in [-0.15, -0.1) is 0 Å². The van der Waals surface area contributed by atoms with E-state index in [1.165, 1.54) is 25.7 Å². The van der Waals surface area contributed by atoms with E-state index in [2.05, 4.69) is 6.92 Å². The standard InChI is InChI=1S/C21H40O6/c1-2-3-4-5-7-10-13-18(21(26)27-17-19(23)16-22)14-11-8-6-9-12-15-20(24)25/h18-19,22-23H,2-17H2,1H3,(H,24,25). The molecule has 0 aromatic carbocycles. The molecule has 0 aromatic heterocycles. The van der Waals surface area contributed by atoms with Gasteiger partial charge in [0.05, 0.1) is 12.5 Å². The summed E-state index contributed by atoms with van der Waals surface area (Å²) in [5, 5.41) is 26.8. The minimum atomic E-state index is -1.02. The van der Waals surface area contributed by atoms with Gasteiger partial charge < -0.3 is 20.1 Å². The van der Waals surface area contributed by atoms with Gasteiger partial charge in [-0.2, -0.15) is 0 Å². The van der Waals surface area contributed by atoms with Crippen LogP contribution in [0.25, 0.3) is 0 Å². The summed E-state index contributed by atoms with van der Waals surface area (Å²) in [6.45, 7) is 1.62. The van der Waals surface area contributed by atoms with Crippen molar-refractivity contribution < 1.29 is 29.6 Å². The first-order valence-electron chi connectivity index (χ1n) is 10.7. The van der Waals surface area contributed by atoms with Gasteiger partial charge in [0.2, 0.25) is 0 Å². The van der Waals surface area contributed by atoms with Crippen LogP contribution in [-0.2, 0) is 14.3 Å². The third-order valence-electron chi connectivity index (χ3n) is 4.81. The molecule has 27 heavy (non-hydrogen) atoms. The molecule has 6 heteroatoms. The molecule has 0 rings (SSSR count). The summed E-state index contributed by atoms with van der Waals surface area (Å²) in [6.07, 6.45) is 12.3. The fraction of sp³-hybridized carbons (Fsp3) is 0.905. The summed E-state index contributed by atoms with van der Waals surface area (Å²) >= 11 is 0. The van der Waals surface area contributed by atoms with Gasteiger partial charge in [-0.1, -0.05) is 71.1 Å². The van der Waals surface area contributed by atoms with Crippen molar-refractivity contribution in [3.63, 3.8) is 0 Å². The topological polar surface area (TPSA) is 104 Å². The van der Waals surface area contributed by atoms with E-state index < -0.39 is 18.7 Å². The smallest absolute Gasteiger partial charge is 0.309 e. The van der Waals surface area contributed by atoms with Crippen molar-refractivity contribution in [2.45, 2.75) is 103 Å². The van der Waals surface area contributed by atoms with Crippen molar-refractivity contribution in [3.05, 3.63) is 0 Å². The summed E-state index contributed by atoms with van der Waals surface area (Å²) in [6, 6.07) is 0. The Morgan fingerprint density at radius 1 is 0.852 bits per heavy atom. The molecule has 160 valence electrons. The highest BCUT2D eigenvalue weighted by molar-refractivity contribution is 5.72. The van der Waals surface area contributed by atoms with Crippen LogP contribution in [0.2, 0.25) is 0 Å². The van der Waals surface area contributed by atoms with E-state index >= 15 is 0 Å². The average Bonchev–Trinajstić information content (AvgIpc) is 2.65. The van der Waals surface area contributed by atoms with E-state index in [1.807, 2.05) is 0 Å². The van der Waals surface area contributed by atoms with Crippen LogP contribution in [0.5, 0.6) is 0 Å². The lowest BCUT2D eigenvalue weighted by molar-refractivity contribution is -0.152. The molecule has 0 aliphatic carbocycles. The Balaban J connectivity index is 4.10. The van der Waals surface area contributed by atoms with Crippen LogP contribution in [0.15, 0.2) is 0 Å². The molecule has 6 nitrogen and oxygen atoms in total. The van der Waals surface area contributed by atoms with E-state index in [0.29, 0.717) is 6.42 Å². The highest BCUT2D eigenvalue weighted by Crippen LogP contribution is 2.21. The number of aliphatic hydroxyl groups is 2. The Bertz CT molecular complexity index is 372. The predicted molar refractivity (Wildman–Crippen MR) is 105 cm³/mol. The first-order chi connectivity index (χ1) is 13.0. The number of aliphatic hydroxyl groups excluding tert-OH is 2. The SMILES string of the molecule is CCCCCCCCC(CCCCCCCC(=O)O)C(=O)OCC(O)CO. The van der Waals surface area contributed by atoms with Gasteiger partial charge in [0.15, 0.2) is 0 Å². The molecule has 0 aliphatic heterocycles. The molecular weight excluding hydrogens is 348 g/mol. The second-order valence-electron chi connectivity index (χ2n) is 7.42. The number of hydrogen-bond donors (Lipinski definition) is 3. The molecule has 0 fully saturated rings. The molecular formula is C21H40O6. The molecule has 0 aromatic rings. The normalized spacial score (nSPS) is 13.3. The average molecular weight is 389 g/mol. The summed E-state index contributed by atoms with van der Waals surface area (Å²) in [5.74, 6) is -1.18. The number of carbonyl (C=O) groups is 2. The van der Waals surface area contributed by atoms with Crippen molar-refractivity contribution in [2.75, 3.05) is 13.2 Å². The zero-order valence-electron chi connectivity index (χ0n) is 17.0. The van der Waals surface area contributed by atoms with Gasteiger partial charge in [-0.3, -0.25) is 9.59 Å². The number of unbranched alkanes of at least 4 members (excludes halogenated alkanes) is 9. The van der Waals surface area contributed by atoms with Crippen molar-refractivity contribution in [2.24, 2.45) is 5.92 Å². The Labute approximate surface area is 164 Å². The van der Waals surface area contributed by atoms with Gasteiger partial charge in [-0.25, -0.2) is 0 Å². The maximum absolute atomic E-state index is 12.3. The van der Waals surface area contributed by atoms with Gasteiger partial charge in [-0.05, 0) is 19.3 Å². The van der Waals surface area contributed by atoms with Crippen molar-refractivity contribution >= 4 is 11.9 Å². The van der Waals surface area contributed by atoms with Crippen molar-refractivity contribution in [3.8, 4) is 0 Å². The number of carboxylic acid groups (broad SMARTS) is 1. The number of hydrogen-bond acceptors (Lipinski definition) is 5. The maximum Gasteiger partial charge on any atom is 0.309 e. The van der Waals surface area contributed by atoms with E-state index in [1.54, 1.807) is 0 Å². The Hall–Kier alpha value is -1.14. The lowest BCUT2D eigenvalue weighted by Gasteiger charge is -2.17. The Morgan fingerprint density at radius 3 is 1.89 bits per heavy atom. The summed E-state index contributed by atoms with van der Waals surface area (Å²) in [4.78, 5) is 22.8. The Kier molecular flexibility index (Phi) is 17.5. The second kappa shape index (κ2) is 18.2. The first kappa shape index (κ1) is 25.9. The zero-order valence-corrected chi connectivity index (χ0v) is 17.0. The largest absolute Gasteiger partial charge is 0.481 e. The first-order valence-corrected chi connectivity index (χ1v) is 10.7. The fourth-order valence-corrected chi connectivity index (χ4v) is 3.10. The lowest BCUT2D eigenvalue weighted by Crippen LogP contribution is -2.25. The minimum Gasteiger partial charge on any atom is -0.481 e. The molecule has 0 radical (unpaired) electrons. The molecule has 0 spiro atoms. The summed E-state index contributed by atoms with van der Waals surface area (Å²) in [5.41, 5.74) is 0. The number of carboxylic acids is 1. The Morgan fingerprint density at radius 2 is 1.37 bits per heavy atom. The zero-order chi connectivity index (χ0) is 20.3. The second-order valence-corrected chi connectivity index (χ2v) is 7.42. The van der Waals surface area contributed by atoms with Gasteiger partial charge in [0.1, 0.15) is 12.7 Å². The molecule has 0 saturated heterocycles. The number of esters is 1. The molecule has 0 amide bonds. The van der Waals surface area contributed by atoms with E-state index in [9.17, 15) is 14.7 Å². The summed E-state index contributed by atoms with van der Waals surface area (Å²) < 4.78 is 5.16. The van der Waals surface area contributed by atoms with E-state index in [0.717, 1.165) is 51.4 Å². The number of rotatable bonds is 19. The van der Waals surface area contributed by atoms with Crippen LogP contribution >= 0.6 is 0 Å². The van der Waals surface area contributed by atoms with Crippen molar-refractivity contribution in [1.29, 1.82) is 0 Å². The van der Waals surface area contributed by atoms with E-state index in [4.69, 9.17) is 14.9 Å². The molecule has 0 saturated carbocycles. The third-order valence-corrected chi connectivity index (χ3v) is 4.81. The summed E-state index contributed by atoms with van der Waals surface area (Å²) in [7, 11) is 0. The fourth-order valence-electron chi connectivity index (χ4n) is 3.10. The van der Waals surface area contributed by atoms with Gasteiger partial charge in [0, 0.05) is 6.42 Å². The molecule has 3 N–H and O–H groups in total. The lowest BCUT2D eigenvalue weighted by atomic mass is 9.94. The molecule has 2 unspecified atom stereocenters. The molecule has 0 bridgehead atoms. The monoisotopic (exact) mass is 388 g/mol.